The van der Waals surface area contributed by atoms with Crippen molar-refractivity contribution in [1.82, 2.24) is 5.32 Å². The van der Waals surface area contributed by atoms with E-state index in [9.17, 15) is 18.0 Å². The van der Waals surface area contributed by atoms with Crippen LogP contribution in [0.25, 0.3) is 0 Å². The quantitative estimate of drug-likeness (QED) is 0.822. The third kappa shape index (κ3) is 6.79. The molecular weight excluding hydrogens is 329 g/mol. The molecule has 0 saturated carbocycles. The Morgan fingerprint density at radius 2 is 1.74 bits per heavy atom. The monoisotopic (exact) mass is 352 g/mol. The van der Waals surface area contributed by atoms with E-state index >= 15 is 0 Å². The lowest BCUT2D eigenvalue weighted by atomic mass is 9.98. The molecule has 0 bridgehead atoms. The van der Waals surface area contributed by atoms with Gasteiger partial charge in [-0.2, -0.15) is 13.2 Å². The van der Waals surface area contributed by atoms with Gasteiger partial charge in [0.2, 0.25) is 5.91 Å². The van der Waals surface area contributed by atoms with E-state index < -0.39 is 17.8 Å². The first kappa shape index (κ1) is 21.7. The van der Waals surface area contributed by atoms with E-state index in [1.807, 2.05) is 13.8 Å². The van der Waals surface area contributed by atoms with Crippen molar-refractivity contribution in [3.8, 4) is 0 Å². The zero-order chi connectivity index (χ0) is 16.9. The Bertz CT molecular complexity index is 491. The lowest BCUT2D eigenvalue weighted by Crippen LogP contribution is -2.48. The maximum atomic E-state index is 12.5. The van der Waals surface area contributed by atoms with Crippen LogP contribution in [0.2, 0.25) is 0 Å². The number of alkyl halides is 3. The smallest absolute Gasteiger partial charge is 0.352 e. The fourth-order valence-corrected chi connectivity index (χ4v) is 2.09. The van der Waals surface area contributed by atoms with Crippen LogP contribution in [0.4, 0.5) is 13.2 Å². The van der Waals surface area contributed by atoms with Crippen LogP contribution in [-0.2, 0) is 17.4 Å². The van der Waals surface area contributed by atoms with Crippen LogP contribution in [0.3, 0.4) is 0 Å². The van der Waals surface area contributed by atoms with Gasteiger partial charge >= 0.3 is 6.18 Å². The van der Waals surface area contributed by atoms with Crippen molar-refractivity contribution >= 4 is 18.3 Å². The maximum absolute atomic E-state index is 12.5. The summed E-state index contributed by atoms with van der Waals surface area (Å²) in [6.45, 7) is 5.67. The van der Waals surface area contributed by atoms with E-state index in [0.29, 0.717) is 6.42 Å². The number of carbonyl (C=O) groups excluding carboxylic acids is 1. The Morgan fingerprint density at radius 3 is 2.17 bits per heavy atom. The SMILES string of the molecule is CCC(C)C(N)C(=O)NC(C)Cc1ccc(C(F)(F)F)cc1.Cl. The van der Waals surface area contributed by atoms with Gasteiger partial charge in [0.05, 0.1) is 11.6 Å². The lowest BCUT2D eigenvalue weighted by molar-refractivity contribution is -0.137. The van der Waals surface area contributed by atoms with Crippen molar-refractivity contribution in [3.63, 3.8) is 0 Å². The summed E-state index contributed by atoms with van der Waals surface area (Å²) in [6.07, 6.45) is -3.07. The van der Waals surface area contributed by atoms with Crippen LogP contribution in [0.15, 0.2) is 24.3 Å². The van der Waals surface area contributed by atoms with Crippen LogP contribution in [0, 0.1) is 5.92 Å². The summed E-state index contributed by atoms with van der Waals surface area (Å²) in [4.78, 5) is 11.9. The summed E-state index contributed by atoms with van der Waals surface area (Å²) >= 11 is 0. The highest BCUT2D eigenvalue weighted by molar-refractivity contribution is 5.85. The van der Waals surface area contributed by atoms with Crippen molar-refractivity contribution in [2.24, 2.45) is 11.7 Å². The zero-order valence-corrected chi connectivity index (χ0v) is 14.3. The van der Waals surface area contributed by atoms with E-state index in [-0.39, 0.29) is 30.3 Å². The normalized spacial score (nSPS) is 15.3. The van der Waals surface area contributed by atoms with Gasteiger partial charge in [-0.25, -0.2) is 0 Å². The summed E-state index contributed by atoms with van der Waals surface area (Å²) in [5.74, 6) is -0.146. The molecule has 23 heavy (non-hydrogen) atoms. The number of hydrogen-bond acceptors (Lipinski definition) is 2. The Kier molecular flexibility index (Phi) is 8.63. The van der Waals surface area contributed by atoms with Crippen LogP contribution >= 0.6 is 12.4 Å². The lowest BCUT2D eigenvalue weighted by Gasteiger charge is -2.21. The van der Waals surface area contributed by atoms with E-state index in [1.165, 1.54) is 12.1 Å². The number of nitrogens with one attached hydrogen (secondary N) is 1. The molecule has 0 saturated heterocycles. The second kappa shape index (κ2) is 9.13. The minimum atomic E-state index is -4.33. The van der Waals surface area contributed by atoms with Gasteiger partial charge in [-0.3, -0.25) is 4.79 Å². The summed E-state index contributed by atoms with van der Waals surface area (Å²) in [5.41, 5.74) is 5.90. The Hall–Kier alpha value is -1.27. The minimum Gasteiger partial charge on any atom is -0.352 e. The molecule has 0 aliphatic carbocycles. The highest BCUT2D eigenvalue weighted by atomic mass is 35.5. The Balaban J connectivity index is 0.00000484. The molecule has 1 rings (SSSR count). The maximum Gasteiger partial charge on any atom is 0.416 e. The number of amides is 1. The predicted molar refractivity (Wildman–Crippen MR) is 87.4 cm³/mol. The number of carbonyl (C=O) groups is 1. The summed E-state index contributed by atoms with van der Waals surface area (Å²) in [5, 5.41) is 2.80. The molecule has 1 aromatic rings. The van der Waals surface area contributed by atoms with Crippen molar-refractivity contribution < 1.29 is 18.0 Å². The van der Waals surface area contributed by atoms with Gasteiger partial charge in [-0.15, -0.1) is 12.4 Å². The molecule has 3 atom stereocenters. The first-order valence-corrected chi connectivity index (χ1v) is 7.37. The molecule has 0 aliphatic heterocycles. The molecule has 132 valence electrons. The summed E-state index contributed by atoms with van der Waals surface area (Å²) in [7, 11) is 0. The van der Waals surface area contributed by atoms with Gasteiger partial charge < -0.3 is 11.1 Å². The largest absolute Gasteiger partial charge is 0.416 e. The molecule has 0 aromatic heterocycles. The number of halogens is 4. The van der Waals surface area contributed by atoms with Crippen LogP contribution in [0.1, 0.15) is 38.3 Å². The highest BCUT2D eigenvalue weighted by Crippen LogP contribution is 2.29. The second-order valence-electron chi connectivity index (χ2n) is 5.72. The fraction of sp³-hybridized carbons (Fsp3) is 0.562. The number of nitrogens with two attached hydrogens (primary N) is 1. The Morgan fingerprint density at radius 1 is 1.22 bits per heavy atom. The number of benzene rings is 1. The van der Waals surface area contributed by atoms with Gasteiger partial charge in [0, 0.05) is 6.04 Å². The van der Waals surface area contributed by atoms with Crippen LogP contribution in [0.5, 0.6) is 0 Å². The second-order valence-corrected chi connectivity index (χ2v) is 5.72. The predicted octanol–water partition coefficient (Wildman–Crippen LogP) is 3.55. The van der Waals surface area contributed by atoms with Crippen molar-refractivity contribution in [3.05, 3.63) is 35.4 Å². The molecule has 1 amide bonds. The average Bonchev–Trinajstić information content (AvgIpc) is 2.44. The van der Waals surface area contributed by atoms with Crippen molar-refractivity contribution in [2.75, 3.05) is 0 Å². The van der Waals surface area contributed by atoms with Crippen LogP contribution in [-0.4, -0.2) is 18.0 Å². The molecule has 3 unspecified atom stereocenters. The standard InChI is InChI=1S/C16H23F3N2O.ClH/c1-4-10(2)14(20)15(22)21-11(3)9-12-5-7-13(8-6-12)16(17,18)19;/h5-8,10-11,14H,4,9,20H2,1-3H3,(H,21,22);1H. The molecule has 3 nitrogen and oxygen atoms in total. The molecule has 0 radical (unpaired) electrons. The van der Waals surface area contributed by atoms with Gasteiger partial charge in [-0.1, -0.05) is 32.4 Å². The molecular formula is C16H24ClF3N2O. The highest BCUT2D eigenvalue weighted by Gasteiger charge is 2.30. The molecule has 0 heterocycles. The summed E-state index contributed by atoms with van der Waals surface area (Å²) in [6, 6.07) is 4.20. The zero-order valence-electron chi connectivity index (χ0n) is 13.5. The number of hydrogen-bond donors (Lipinski definition) is 2. The Labute approximate surface area is 141 Å². The van der Waals surface area contributed by atoms with Gasteiger partial charge in [0.25, 0.3) is 0 Å². The third-order valence-corrected chi connectivity index (χ3v) is 3.77. The topological polar surface area (TPSA) is 55.1 Å². The van der Waals surface area contributed by atoms with Gasteiger partial charge in [0.15, 0.2) is 0 Å². The summed E-state index contributed by atoms with van der Waals surface area (Å²) < 4.78 is 37.4. The molecule has 1 aromatic carbocycles. The molecule has 0 aliphatic rings. The molecule has 7 heteroatoms. The molecule has 3 N–H and O–H groups in total. The first-order valence-electron chi connectivity index (χ1n) is 7.37. The van der Waals surface area contributed by atoms with E-state index in [1.54, 1.807) is 6.92 Å². The molecule has 0 fully saturated rings. The van der Waals surface area contributed by atoms with Crippen molar-refractivity contribution in [1.29, 1.82) is 0 Å². The van der Waals surface area contributed by atoms with E-state index in [4.69, 9.17) is 5.73 Å². The number of rotatable bonds is 6. The van der Waals surface area contributed by atoms with Crippen LogP contribution < -0.4 is 11.1 Å². The van der Waals surface area contributed by atoms with E-state index in [2.05, 4.69) is 5.32 Å². The van der Waals surface area contributed by atoms with E-state index in [0.717, 1.165) is 24.1 Å². The fourth-order valence-electron chi connectivity index (χ4n) is 2.09. The van der Waals surface area contributed by atoms with Gasteiger partial charge in [-0.05, 0) is 37.0 Å². The molecule has 0 spiro atoms. The third-order valence-electron chi connectivity index (χ3n) is 3.77. The minimum absolute atomic E-state index is 0. The van der Waals surface area contributed by atoms with Gasteiger partial charge in [0.1, 0.15) is 0 Å². The first-order chi connectivity index (χ1) is 10.1. The average molecular weight is 353 g/mol. The van der Waals surface area contributed by atoms with Crippen molar-refractivity contribution in [2.45, 2.75) is 51.9 Å².